The van der Waals surface area contributed by atoms with Gasteiger partial charge in [0.25, 0.3) is 5.69 Å². The normalized spacial score (nSPS) is 11.9. The Morgan fingerprint density at radius 3 is 2.53 bits per heavy atom. The van der Waals surface area contributed by atoms with Crippen molar-refractivity contribution in [3.63, 3.8) is 0 Å². The number of nitro groups is 1. The third-order valence-electron chi connectivity index (χ3n) is 1.55. The highest BCUT2D eigenvalue weighted by atomic mass is 19.4. The minimum absolute atomic E-state index is 0.0338. The summed E-state index contributed by atoms with van der Waals surface area (Å²) in [6, 6.07) is 4.97. The molecule has 1 rings (SSSR count). The summed E-state index contributed by atoms with van der Waals surface area (Å²) in [5.74, 6) is 0. The molecule has 1 aromatic carbocycles. The van der Waals surface area contributed by atoms with Crippen LogP contribution in [0.5, 0.6) is 0 Å². The van der Waals surface area contributed by atoms with Crippen molar-refractivity contribution in [1.29, 1.82) is 0 Å². The fourth-order valence-electron chi connectivity index (χ4n) is 0.933. The lowest BCUT2D eigenvalue weighted by Crippen LogP contribution is -2.00. The number of hydrogen-bond donors (Lipinski definition) is 0. The SMILES string of the molecule is O=[N+]([O-])c1cccc(/C=C\C(F)(F)F)c1. The van der Waals surface area contributed by atoms with E-state index in [1.165, 1.54) is 18.2 Å². The third kappa shape index (κ3) is 3.80. The van der Waals surface area contributed by atoms with E-state index in [2.05, 4.69) is 0 Å². The minimum Gasteiger partial charge on any atom is -0.258 e. The van der Waals surface area contributed by atoms with Gasteiger partial charge in [-0.05, 0) is 11.6 Å². The van der Waals surface area contributed by atoms with Crippen LogP contribution in [0.3, 0.4) is 0 Å². The van der Waals surface area contributed by atoms with Gasteiger partial charge in [0, 0.05) is 18.2 Å². The van der Waals surface area contributed by atoms with Crippen LogP contribution in [0.1, 0.15) is 5.56 Å². The zero-order valence-electron chi connectivity index (χ0n) is 7.36. The quantitative estimate of drug-likeness (QED) is 0.564. The Hall–Kier alpha value is -1.85. The molecule has 1 aromatic rings. The van der Waals surface area contributed by atoms with E-state index < -0.39 is 11.1 Å². The van der Waals surface area contributed by atoms with E-state index in [0.717, 1.165) is 12.1 Å². The van der Waals surface area contributed by atoms with Gasteiger partial charge in [0.15, 0.2) is 0 Å². The molecular weight excluding hydrogens is 211 g/mol. The molecule has 0 bridgehead atoms. The lowest BCUT2D eigenvalue weighted by Gasteiger charge is -1.97. The van der Waals surface area contributed by atoms with Gasteiger partial charge in [0.05, 0.1) is 4.92 Å². The van der Waals surface area contributed by atoms with Crippen LogP contribution in [0.4, 0.5) is 18.9 Å². The summed E-state index contributed by atoms with van der Waals surface area (Å²) in [4.78, 5) is 9.65. The average molecular weight is 217 g/mol. The number of nitrogens with zero attached hydrogens (tertiary/aromatic N) is 1. The van der Waals surface area contributed by atoms with Crippen molar-refractivity contribution in [3.05, 3.63) is 46.0 Å². The molecule has 3 nitrogen and oxygen atoms in total. The lowest BCUT2D eigenvalue weighted by atomic mass is 10.2. The van der Waals surface area contributed by atoms with Crippen molar-refractivity contribution >= 4 is 11.8 Å². The molecule has 0 atom stereocenters. The van der Waals surface area contributed by atoms with E-state index in [-0.39, 0.29) is 17.3 Å². The number of hydrogen-bond acceptors (Lipinski definition) is 2. The molecule has 0 aromatic heterocycles. The van der Waals surface area contributed by atoms with Gasteiger partial charge in [-0.15, -0.1) is 0 Å². The Morgan fingerprint density at radius 2 is 2.00 bits per heavy atom. The van der Waals surface area contributed by atoms with E-state index in [9.17, 15) is 23.3 Å². The molecule has 0 N–H and O–H groups in total. The van der Waals surface area contributed by atoms with Crippen molar-refractivity contribution in [1.82, 2.24) is 0 Å². The molecule has 0 unspecified atom stereocenters. The van der Waals surface area contributed by atoms with Crippen LogP contribution in [0.2, 0.25) is 0 Å². The molecule has 0 aliphatic heterocycles. The predicted molar refractivity (Wildman–Crippen MR) is 48.2 cm³/mol. The van der Waals surface area contributed by atoms with Crippen LogP contribution in [-0.2, 0) is 0 Å². The fraction of sp³-hybridized carbons (Fsp3) is 0.111. The van der Waals surface area contributed by atoms with Gasteiger partial charge in [-0.25, -0.2) is 0 Å². The first-order valence-electron chi connectivity index (χ1n) is 3.89. The molecule has 0 spiro atoms. The first-order chi connectivity index (χ1) is 6.88. The summed E-state index contributed by atoms with van der Waals surface area (Å²) in [6.45, 7) is 0. The minimum atomic E-state index is -4.41. The number of alkyl halides is 3. The molecule has 0 amide bonds. The van der Waals surface area contributed by atoms with E-state index in [1.807, 2.05) is 0 Å². The van der Waals surface area contributed by atoms with E-state index in [1.54, 1.807) is 0 Å². The summed E-state index contributed by atoms with van der Waals surface area (Å²) in [5.41, 5.74) is -0.0964. The van der Waals surface area contributed by atoms with E-state index in [4.69, 9.17) is 0 Å². The lowest BCUT2D eigenvalue weighted by molar-refractivity contribution is -0.384. The highest BCUT2D eigenvalue weighted by Crippen LogP contribution is 2.20. The Bertz CT molecular complexity index is 399. The molecule has 0 saturated heterocycles. The summed E-state index contributed by atoms with van der Waals surface area (Å²) >= 11 is 0. The van der Waals surface area contributed by atoms with Crippen LogP contribution in [-0.4, -0.2) is 11.1 Å². The molecular formula is C9H6F3NO2. The topological polar surface area (TPSA) is 43.1 Å². The maximum atomic E-state index is 11.8. The number of allylic oxidation sites excluding steroid dienone is 1. The van der Waals surface area contributed by atoms with Crippen molar-refractivity contribution in [3.8, 4) is 0 Å². The van der Waals surface area contributed by atoms with Crippen LogP contribution in [0.15, 0.2) is 30.3 Å². The van der Waals surface area contributed by atoms with Crippen LogP contribution in [0, 0.1) is 10.1 Å². The number of nitro benzene ring substituents is 1. The summed E-state index contributed by atoms with van der Waals surface area (Å²) in [5, 5.41) is 10.3. The Labute approximate surface area is 83.0 Å². The first kappa shape index (κ1) is 11.2. The highest BCUT2D eigenvalue weighted by molar-refractivity contribution is 5.53. The first-order valence-corrected chi connectivity index (χ1v) is 3.89. The predicted octanol–water partition coefficient (Wildman–Crippen LogP) is 3.17. The standard InChI is InChI=1S/C9H6F3NO2/c10-9(11,12)5-4-7-2-1-3-8(6-7)13(14)15/h1-6H/b5-4-. The van der Waals surface area contributed by atoms with Crippen LogP contribution >= 0.6 is 0 Å². The molecule has 0 radical (unpaired) electrons. The largest absolute Gasteiger partial charge is 0.409 e. The fourth-order valence-corrected chi connectivity index (χ4v) is 0.933. The number of rotatable bonds is 2. The van der Waals surface area contributed by atoms with E-state index >= 15 is 0 Å². The van der Waals surface area contributed by atoms with Crippen molar-refractivity contribution < 1.29 is 18.1 Å². The Balaban J connectivity index is 2.92. The van der Waals surface area contributed by atoms with Crippen molar-refractivity contribution in [2.45, 2.75) is 6.18 Å². The summed E-state index contributed by atoms with van der Waals surface area (Å²) < 4.78 is 35.3. The summed E-state index contributed by atoms with van der Waals surface area (Å²) in [7, 11) is 0. The van der Waals surface area contributed by atoms with Gasteiger partial charge in [-0.3, -0.25) is 10.1 Å². The molecule has 0 fully saturated rings. The molecule has 0 heterocycles. The second kappa shape index (κ2) is 4.12. The molecule has 0 aliphatic carbocycles. The maximum Gasteiger partial charge on any atom is 0.409 e. The van der Waals surface area contributed by atoms with Gasteiger partial charge < -0.3 is 0 Å². The molecule has 0 saturated carbocycles. The molecule has 15 heavy (non-hydrogen) atoms. The zero-order chi connectivity index (χ0) is 11.5. The van der Waals surface area contributed by atoms with Gasteiger partial charge in [0.1, 0.15) is 0 Å². The Kier molecular flexibility index (Phi) is 3.08. The molecule has 80 valence electrons. The molecule has 6 heteroatoms. The summed E-state index contributed by atoms with van der Waals surface area (Å²) in [6.07, 6.45) is -3.59. The van der Waals surface area contributed by atoms with E-state index in [0.29, 0.717) is 0 Å². The zero-order valence-corrected chi connectivity index (χ0v) is 7.36. The Morgan fingerprint density at radius 1 is 1.33 bits per heavy atom. The second-order valence-electron chi connectivity index (χ2n) is 2.73. The average Bonchev–Trinajstić information content (AvgIpc) is 2.14. The third-order valence-corrected chi connectivity index (χ3v) is 1.55. The van der Waals surface area contributed by atoms with Crippen LogP contribution in [0.25, 0.3) is 6.08 Å². The van der Waals surface area contributed by atoms with Gasteiger partial charge in [0.2, 0.25) is 0 Å². The number of benzene rings is 1. The van der Waals surface area contributed by atoms with Gasteiger partial charge in [-0.1, -0.05) is 12.1 Å². The van der Waals surface area contributed by atoms with Crippen molar-refractivity contribution in [2.24, 2.45) is 0 Å². The highest BCUT2D eigenvalue weighted by Gasteiger charge is 2.21. The van der Waals surface area contributed by atoms with Crippen molar-refractivity contribution in [2.75, 3.05) is 0 Å². The number of non-ortho nitro benzene ring substituents is 1. The van der Waals surface area contributed by atoms with Crippen LogP contribution < -0.4 is 0 Å². The molecule has 0 aliphatic rings. The maximum absolute atomic E-state index is 11.8. The van der Waals surface area contributed by atoms with Gasteiger partial charge in [-0.2, -0.15) is 13.2 Å². The number of halogens is 3. The van der Waals surface area contributed by atoms with Gasteiger partial charge >= 0.3 is 6.18 Å². The monoisotopic (exact) mass is 217 g/mol. The smallest absolute Gasteiger partial charge is 0.258 e. The second-order valence-corrected chi connectivity index (χ2v) is 2.73.